The van der Waals surface area contributed by atoms with Crippen LogP contribution < -0.4 is 5.32 Å². The Morgan fingerprint density at radius 2 is 1.96 bits per heavy atom. The summed E-state index contributed by atoms with van der Waals surface area (Å²) in [4.78, 5) is 26.0. The molecule has 0 spiro atoms. The van der Waals surface area contributed by atoms with E-state index in [0.717, 1.165) is 28.1 Å². The molecule has 0 saturated carbocycles. The lowest BCUT2D eigenvalue weighted by Gasteiger charge is -2.07. The normalized spacial score (nSPS) is 10.8. The van der Waals surface area contributed by atoms with E-state index in [1.54, 1.807) is 0 Å². The van der Waals surface area contributed by atoms with Gasteiger partial charge in [0.1, 0.15) is 5.82 Å². The van der Waals surface area contributed by atoms with Gasteiger partial charge < -0.3 is 15.4 Å². The third-order valence-electron chi connectivity index (χ3n) is 4.22. The fourth-order valence-corrected chi connectivity index (χ4v) is 2.90. The maximum Gasteiger partial charge on any atom is 0.307 e. The van der Waals surface area contributed by atoms with E-state index in [4.69, 9.17) is 5.11 Å². The van der Waals surface area contributed by atoms with Crippen LogP contribution in [0.3, 0.4) is 0 Å². The van der Waals surface area contributed by atoms with Gasteiger partial charge in [-0.05, 0) is 48.7 Å². The molecule has 1 aromatic heterocycles. The first kappa shape index (κ1) is 17.7. The maximum absolute atomic E-state index is 13.9. The van der Waals surface area contributed by atoms with E-state index < -0.39 is 11.8 Å². The lowest BCUT2D eigenvalue weighted by Crippen LogP contribution is -2.13. The third kappa shape index (κ3) is 4.08. The van der Waals surface area contributed by atoms with Crippen molar-refractivity contribution in [2.24, 2.45) is 0 Å². The van der Waals surface area contributed by atoms with Crippen molar-refractivity contribution in [3.05, 3.63) is 65.1 Å². The molecule has 3 rings (SSSR count). The first-order valence-corrected chi connectivity index (χ1v) is 8.29. The van der Waals surface area contributed by atoms with Crippen LogP contribution in [0.5, 0.6) is 0 Å². The molecule has 134 valence electrons. The Balaban J connectivity index is 1.62. The minimum Gasteiger partial charge on any atom is -0.481 e. The van der Waals surface area contributed by atoms with Gasteiger partial charge in [0.2, 0.25) is 5.91 Å². The number of anilines is 1. The maximum atomic E-state index is 13.9. The number of nitrogens with one attached hydrogen (secondary N) is 2. The molecule has 0 atom stereocenters. The molecular weight excluding hydrogens is 335 g/mol. The number of carbonyl (C=O) groups excluding carboxylic acids is 1. The first-order valence-electron chi connectivity index (χ1n) is 8.29. The molecule has 0 saturated heterocycles. The van der Waals surface area contributed by atoms with Crippen LogP contribution in [0.25, 0.3) is 10.9 Å². The van der Waals surface area contributed by atoms with Gasteiger partial charge in [0, 0.05) is 29.2 Å². The number of H-pyrrole nitrogens is 1. The highest BCUT2D eigenvalue weighted by Gasteiger charge is 2.11. The quantitative estimate of drug-likeness (QED) is 0.629. The molecule has 2 aromatic carbocycles. The van der Waals surface area contributed by atoms with Crippen molar-refractivity contribution in [1.29, 1.82) is 0 Å². The highest BCUT2D eigenvalue weighted by atomic mass is 19.1. The molecule has 0 unspecified atom stereocenters. The largest absolute Gasteiger partial charge is 0.481 e. The predicted octanol–water partition coefficient (Wildman–Crippen LogP) is 3.81. The summed E-state index contributed by atoms with van der Waals surface area (Å²) in [6, 6.07) is 10.1. The monoisotopic (exact) mass is 354 g/mol. The zero-order valence-electron chi connectivity index (χ0n) is 14.3. The summed E-state index contributed by atoms with van der Waals surface area (Å²) < 4.78 is 13.9. The fourth-order valence-electron chi connectivity index (χ4n) is 2.90. The Labute approximate surface area is 149 Å². The molecule has 3 aromatic rings. The van der Waals surface area contributed by atoms with Crippen molar-refractivity contribution in [2.75, 3.05) is 5.32 Å². The number of rotatable bonds is 6. The van der Waals surface area contributed by atoms with E-state index in [1.165, 1.54) is 12.1 Å². The van der Waals surface area contributed by atoms with Crippen LogP contribution >= 0.6 is 0 Å². The first-order chi connectivity index (χ1) is 12.4. The second-order valence-electron chi connectivity index (χ2n) is 6.29. The van der Waals surface area contributed by atoms with E-state index >= 15 is 0 Å². The molecular formula is C20H19FN2O3. The number of hydrogen-bond acceptors (Lipinski definition) is 2. The molecule has 0 aliphatic carbocycles. The van der Waals surface area contributed by atoms with Crippen molar-refractivity contribution in [3.63, 3.8) is 0 Å². The molecule has 3 N–H and O–H groups in total. The number of aryl methyl sites for hydroxylation is 2. The number of carbonyl (C=O) groups is 2. The summed E-state index contributed by atoms with van der Waals surface area (Å²) in [6.07, 6.45) is 2.34. The van der Waals surface area contributed by atoms with Crippen molar-refractivity contribution in [3.8, 4) is 0 Å². The molecule has 1 amide bonds. The average molecular weight is 354 g/mol. The predicted molar refractivity (Wildman–Crippen MR) is 97.7 cm³/mol. The standard InChI is InChI=1S/C20H19FN2O3/c1-12-2-6-18-16(8-12)14(11-22-18)4-7-19(24)23-15-5-3-13(9-20(25)26)17(21)10-15/h2-3,5-6,8,10-11,22H,4,7,9H2,1H3,(H,23,24)(H,25,26). The summed E-state index contributed by atoms with van der Waals surface area (Å²) in [7, 11) is 0. The smallest absolute Gasteiger partial charge is 0.307 e. The van der Waals surface area contributed by atoms with Crippen molar-refractivity contribution >= 4 is 28.5 Å². The van der Waals surface area contributed by atoms with Crippen molar-refractivity contribution < 1.29 is 19.1 Å². The van der Waals surface area contributed by atoms with Gasteiger partial charge in [-0.25, -0.2) is 4.39 Å². The lowest BCUT2D eigenvalue weighted by atomic mass is 10.1. The number of carboxylic acids is 1. The molecule has 0 aliphatic heterocycles. The number of carboxylic acid groups (broad SMARTS) is 1. The number of benzene rings is 2. The van der Waals surface area contributed by atoms with Gasteiger partial charge in [-0.2, -0.15) is 0 Å². The Morgan fingerprint density at radius 1 is 1.15 bits per heavy atom. The van der Waals surface area contributed by atoms with Crippen molar-refractivity contribution in [2.45, 2.75) is 26.2 Å². The van der Waals surface area contributed by atoms with Crippen LogP contribution in [0, 0.1) is 12.7 Å². The van der Waals surface area contributed by atoms with E-state index in [0.29, 0.717) is 12.1 Å². The average Bonchev–Trinajstić information content (AvgIpc) is 2.97. The number of halogens is 1. The van der Waals surface area contributed by atoms with Gasteiger partial charge in [0.25, 0.3) is 0 Å². The number of aliphatic carboxylic acids is 1. The topological polar surface area (TPSA) is 82.2 Å². The lowest BCUT2D eigenvalue weighted by molar-refractivity contribution is -0.136. The molecule has 26 heavy (non-hydrogen) atoms. The van der Waals surface area contributed by atoms with Crippen LogP contribution in [-0.2, 0) is 22.4 Å². The Morgan fingerprint density at radius 3 is 2.69 bits per heavy atom. The molecule has 0 aliphatic rings. The van der Waals surface area contributed by atoms with Crippen LogP contribution in [0.4, 0.5) is 10.1 Å². The summed E-state index contributed by atoms with van der Waals surface area (Å²) in [5.74, 6) is -1.97. The molecule has 6 heteroatoms. The summed E-state index contributed by atoms with van der Waals surface area (Å²) in [5, 5.41) is 12.5. The highest BCUT2D eigenvalue weighted by molar-refractivity contribution is 5.91. The second-order valence-corrected chi connectivity index (χ2v) is 6.29. The van der Waals surface area contributed by atoms with Gasteiger partial charge in [0.05, 0.1) is 6.42 Å². The zero-order chi connectivity index (χ0) is 18.7. The van der Waals surface area contributed by atoms with E-state index in [-0.39, 0.29) is 24.3 Å². The Kier molecular flexibility index (Phi) is 5.02. The zero-order valence-corrected chi connectivity index (χ0v) is 14.3. The number of hydrogen-bond donors (Lipinski definition) is 3. The second kappa shape index (κ2) is 7.39. The molecule has 0 fully saturated rings. The number of amides is 1. The van der Waals surface area contributed by atoms with E-state index in [9.17, 15) is 14.0 Å². The minimum absolute atomic E-state index is 0.0876. The Bertz CT molecular complexity index is 978. The highest BCUT2D eigenvalue weighted by Crippen LogP contribution is 2.21. The molecule has 5 nitrogen and oxygen atoms in total. The van der Waals surface area contributed by atoms with E-state index in [1.807, 2.05) is 25.3 Å². The van der Waals surface area contributed by atoms with Gasteiger partial charge in [-0.1, -0.05) is 17.7 Å². The number of fused-ring (bicyclic) bond motifs is 1. The Hall–Kier alpha value is -3.15. The molecule has 0 radical (unpaired) electrons. The van der Waals surface area contributed by atoms with Crippen LogP contribution in [0.1, 0.15) is 23.1 Å². The third-order valence-corrected chi connectivity index (χ3v) is 4.22. The molecule has 1 heterocycles. The van der Waals surface area contributed by atoms with Crippen LogP contribution in [0.2, 0.25) is 0 Å². The molecule has 0 bridgehead atoms. The van der Waals surface area contributed by atoms with Gasteiger partial charge in [-0.3, -0.25) is 9.59 Å². The van der Waals surface area contributed by atoms with Gasteiger partial charge in [0.15, 0.2) is 0 Å². The summed E-state index contributed by atoms with van der Waals surface area (Å²) >= 11 is 0. The number of aromatic amines is 1. The van der Waals surface area contributed by atoms with Crippen LogP contribution in [0.15, 0.2) is 42.6 Å². The van der Waals surface area contributed by atoms with Gasteiger partial charge >= 0.3 is 5.97 Å². The minimum atomic E-state index is -1.10. The summed E-state index contributed by atoms with van der Waals surface area (Å²) in [6.45, 7) is 2.02. The van der Waals surface area contributed by atoms with Gasteiger partial charge in [-0.15, -0.1) is 0 Å². The van der Waals surface area contributed by atoms with Crippen molar-refractivity contribution in [1.82, 2.24) is 4.98 Å². The number of aromatic nitrogens is 1. The fraction of sp³-hybridized carbons (Fsp3) is 0.200. The van der Waals surface area contributed by atoms with E-state index in [2.05, 4.69) is 16.4 Å². The van der Waals surface area contributed by atoms with Crippen LogP contribution in [-0.4, -0.2) is 22.0 Å². The SMILES string of the molecule is Cc1ccc2[nH]cc(CCC(=O)Nc3ccc(CC(=O)O)c(F)c3)c2c1. The summed E-state index contributed by atoms with van der Waals surface area (Å²) in [5.41, 5.74) is 3.64.